The number of hydrogen-bond donors (Lipinski definition) is 1. The second-order valence-electron chi connectivity index (χ2n) is 3.41. The van der Waals surface area contributed by atoms with Crippen LogP contribution in [0, 0.1) is 0 Å². The molecule has 2 N–H and O–H groups in total. The molecule has 5 nitrogen and oxygen atoms in total. The van der Waals surface area contributed by atoms with Gasteiger partial charge in [-0.1, -0.05) is 0 Å². The molecule has 0 radical (unpaired) electrons. The lowest BCUT2D eigenvalue weighted by Crippen LogP contribution is -2.45. The molecule has 0 fully saturated rings. The van der Waals surface area contributed by atoms with Crippen LogP contribution in [-0.2, 0) is 4.79 Å². The summed E-state index contributed by atoms with van der Waals surface area (Å²) in [6.45, 7) is 1.59. The summed E-state index contributed by atoms with van der Waals surface area (Å²) in [6.07, 6.45) is -0.683. The highest BCUT2D eigenvalue weighted by atomic mass is 79.9. The van der Waals surface area contributed by atoms with Crippen LogP contribution >= 0.6 is 15.9 Å². The Morgan fingerprint density at radius 2 is 2.25 bits per heavy atom. The quantitative estimate of drug-likeness (QED) is 0.449. The van der Waals surface area contributed by atoms with Gasteiger partial charge in [-0.25, -0.2) is 4.90 Å². The molecule has 0 spiro atoms. The number of ether oxygens (including phenoxy) is 1. The van der Waals surface area contributed by atoms with Gasteiger partial charge in [-0.05, 0) is 25.1 Å². The third kappa shape index (κ3) is 1.65. The van der Waals surface area contributed by atoms with Crippen molar-refractivity contribution in [3.05, 3.63) is 18.2 Å². The van der Waals surface area contributed by atoms with Crippen LogP contribution in [0.1, 0.15) is 6.92 Å². The Morgan fingerprint density at radius 1 is 1.56 bits per heavy atom. The number of hydrogen-bond acceptors (Lipinski definition) is 4. The van der Waals surface area contributed by atoms with Crippen molar-refractivity contribution in [3.63, 3.8) is 0 Å². The number of amides is 2. The highest BCUT2D eigenvalue weighted by Crippen LogP contribution is 2.36. The molecule has 0 bridgehead atoms. The number of carbonyl (C=O) groups is 2. The Morgan fingerprint density at radius 3 is 2.88 bits per heavy atom. The molecule has 0 saturated carbocycles. The molecule has 1 atom stereocenters. The molecule has 6 heteroatoms. The van der Waals surface area contributed by atoms with Crippen LogP contribution in [0.25, 0.3) is 0 Å². The van der Waals surface area contributed by atoms with E-state index in [1.807, 2.05) is 0 Å². The lowest BCUT2D eigenvalue weighted by atomic mass is 10.2. The van der Waals surface area contributed by atoms with Crippen LogP contribution in [0.4, 0.5) is 16.2 Å². The molecule has 1 aliphatic rings. The first-order valence-electron chi connectivity index (χ1n) is 4.60. The minimum atomic E-state index is -0.683. The number of nitrogens with two attached hydrogens (primary N) is 1. The third-order valence-corrected chi connectivity index (χ3v) is 2.63. The molecule has 1 aromatic rings. The number of benzene rings is 1. The fourth-order valence-corrected chi connectivity index (χ4v) is 1.90. The van der Waals surface area contributed by atoms with E-state index < -0.39 is 16.8 Å². The SMILES string of the molecule is CC1Oc2ccc(N)cc2N(C(=O)Br)C1=O. The monoisotopic (exact) mass is 284 g/mol. The number of anilines is 2. The molecule has 0 aromatic heterocycles. The van der Waals surface area contributed by atoms with Crippen molar-refractivity contribution < 1.29 is 14.3 Å². The van der Waals surface area contributed by atoms with Gasteiger partial charge in [-0.3, -0.25) is 9.59 Å². The van der Waals surface area contributed by atoms with Gasteiger partial charge in [0.25, 0.3) is 5.91 Å². The molecule has 2 rings (SSSR count). The largest absolute Gasteiger partial charge is 0.479 e. The summed E-state index contributed by atoms with van der Waals surface area (Å²) >= 11 is 2.77. The van der Waals surface area contributed by atoms with E-state index in [0.29, 0.717) is 17.1 Å². The molecular formula is C10H9BrN2O3. The fourth-order valence-electron chi connectivity index (χ4n) is 1.53. The van der Waals surface area contributed by atoms with E-state index in [4.69, 9.17) is 10.5 Å². The Hall–Kier alpha value is -1.56. The van der Waals surface area contributed by atoms with Crippen molar-refractivity contribution in [2.45, 2.75) is 13.0 Å². The second kappa shape index (κ2) is 3.79. The lowest BCUT2D eigenvalue weighted by Gasteiger charge is -2.30. The van der Waals surface area contributed by atoms with Crippen LogP contribution in [0.3, 0.4) is 0 Å². The summed E-state index contributed by atoms with van der Waals surface area (Å²) < 4.78 is 5.36. The molecule has 1 aliphatic heterocycles. The lowest BCUT2D eigenvalue weighted by molar-refractivity contribution is -0.124. The van der Waals surface area contributed by atoms with Gasteiger partial charge in [-0.15, -0.1) is 0 Å². The van der Waals surface area contributed by atoms with Gasteiger partial charge >= 0.3 is 4.82 Å². The maximum Gasteiger partial charge on any atom is 0.301 e. The number of rotatable bonds is 0. The Bertz CT molecular complexity index is 475. The smallest absolute Gasteiger partial charge is 0.301 e. The van der Waals surface area contributed by atoms with Gasteiger partial charge in [0.15, 0.2) is 6.10 Å². The zero-order valence-electron chi connectivity index (χ0n) is 8.44. The number of nitrogens with zero attached hydrogens (tertiary/aromatic N) is 1. The van der Waals surface area contributed by atoms with Gasteiger partial charge in [0, 0.05) is 21.6 Å². The summed E-state index contributed by atoms with van der Waals surface area (Å²) in [6, 6.07) is 4.81. The number of halogens is 1. The van der Waals surface area contributed by atoms with Crippen LogP contribution in [0.15, 0.2) is 18.2 Å². The molecule has 16 heavy (non-hydrogen) atoms. The topological polar surface area (TPSA) is 72.6 Å². The van der Waals surface area contributed by atoms with Crippen LogP contribution in [0.2, 0.25) is 0 Å². The van der Waals surface area contributed by atoms with Gasteiger partial charge in [0.1, 0.15) is 5.75 Å². The average molecular weight is 285 g/mol. The first-order valence-corrected chi connectivity index (χ1v) is 5.39. The van der Waals surface area contributed by atoms with Crippen LogP contribution in [0.5, 0.6) is 5.75 Å². The van der Waals surface area contributed by atoms with E-state index >= 15 is 0 Å². The third-order valence-electron chi connectivity index (χ3n) is 2.27. The minimum Gasteiger partial charge on any atom is -0.479 e. The Kier molecular flexibility index (Phi) is 2.59. The summed E-state index contributed by atoms with van der Waals surface area (Å²) in [4.78, 5) is 23.6. The molecule has 0 saturated heterocycles. The van der Waals surface area contributed by atoms with Crippen LogP contribution in [-0.4, -0.2) is 16.8 Å². The van der Waals surface area contributed by atoms with Gasteiger partial charge < -0.3 is 10.5 Å². The van der Waals surface area contributed by atoms with E-state index in [1.165, 1.54) is 6.07 Å². The van der Waals surface area contributed by atoms with Crippen molar-refractivity contribution >= 4 is 38.0 Å². The summed E-state index contributed by atoms with van der Waals surface area (Å²) in [7, 11) is 0. The number of imide groups is 1. The van der Waals surface area contributed by atoms with E-state index in [0.717, 1.165) is 4.90 Å². The molecule has 2 amide bonds. The van der Waals surface area contributed by atoms with E-state index in [2.05, 4.69) is 15.9 Å². The van der Waals surface area contributed by atoms with Gasteiger partial charge in [0.2, 0.25) is 0 Å². The van der Waals surface area contributed by atoms with E-state index in [-0.39, 0.29) is 0 Å². The minimum absolute atomic E-state index is 0.366. The maximum absolute atomic E-state index is 11.8. The first kappa shape index (κ1) is 10.9. The highest BCUT2D eigenvalue weighted by Gasteiger charge is 2.34. The molecule has 1 aromatic carbocycles. The predicted molar refractivity (Wildman–Crippen MR) is 62.8 cm³/mol. The van der Waals surface area contributed by atoms with Gasteiger partial charge in [0.05, 0.1) is 5.69 Å². The molecule has 0 aliphatic carbocycles. The Labute approximate surface area is 100 Å². The standard InChI is InChI=1S/C10H9BrN2O3/c1-5-9(14)13(10(11)15)7-4-6(12)2-3-8(7)16-5/h2-5H,12H2,1H3. The predicted octanol–water partition coefficient (Wildman–Crippen LogP) is 1.90. The maximum atomic E-state index is 11.8. The summed E-state index contributed by atoms with van der Waals surface area (Å²) in [5, 5.41) is 0. The zero-order chi connectivity index (χ0) is 11.9. The van der Waals surface area contributed by atoms with Gasteiger partial charge in [-0.2, -0.15) is 0 Å². The van der Waals surface area contributed by atoms with E-state index in [1.54, 1.807) is 19.1 Å². The van der Waals surface area contributed by atoms with Crippen molar-refractivity contribution in [3.8, 4) is 5.75 Å². The summed E-state index contributed by atoms with van der Waals surface area (Å²) in [5.74, 6) is 0.0501. The number of carbonyl (C=O) groups excluding carboxylic acids is 2. The average Bonchev–Trinajstić information content (AvgIpc) is 2.20. The highest BCUT2D eigenvalue weighted by molar-refractivity contribution is 9.18. The van der Waals surface area contributed by atoms with E-state index in [9.17, 15) is 9.59 Å². The normalized spacial score (nSPS) is 19.0. The molecule has 1 heterocycles. The molecular weight excluding hydrogens is 276 g/mol. The molecule has 84 valence electrons. The Balaban J connectivity index is 2.58. The molecule has 1 unspecified atom stereocenters. The second-order valence-corrected chi connectivity index (χ2v) is 4.09. The summed E-state index contributed by atoms with van der Waals surface area (Å²) in [5.41, 5.74) is 6.43. The number of fused-ring (bicyclic) bond motifs is 1. The fraction of sp³-hybridized carbons (Fsp3) is 0.200. The zero-order valence-corrected chi connectivity index (χ0v) is 10.0. The van der Waals surface area contributed by atoms with Crippen molar-refractivity contribution in [2.24, 2.45) is 0 Å². The van der Waals surface area contributed by atoms with Crippen LogP contribution < -0.4 is 15.4 Å². The number of nitrogen functional groups attached to an aromatic ring is 1. The van der Waals surface area contributed by atoms with Crippen molar-refractivity contribution in [1.82, 2.24) is 0 Å². The first-order chi connectivity index (χ1) is 7.50. The van der Waals surface area contributed by atoms with Crippen molar-refractivity contribution in [1.29, 1.82) is 0 Å². The van der Waals surface area contributed by atoms with Crippen molar-refractivity contribution in [2.75, 3.05) is 10.6 Å².